The minimum atomic E-state index is -0.204. The number of likely N-dealkylation sites (tertiary alicyclic amines) is 1. The van der Waals surface area contributed by atoms with E-state index in [4.69, 9.17) is 0 Å². The summed E-state index contributed by atoms with van der Waals surface area (Å²) in [4.78, 5) is 19.0. The van der Waals surface area contributed by atoms with Gasteiger partial charge in [0, 0.05) is 43.9 Å². The lowest BCUT2D eigenvalue weighted by atomic mass is 9.94. The van der Waals surface area contributed by atoms with Crippen molar-refractivity contribution in [3.05, 3.63) is 65.2 Å². The van der Waals surface area contributed by atoms with Crippen LogP contribution in [0.15, 0.2) is 42.7 Å². The number of aromatic nitrogens is 1. The normalized spacial score (nSPS) is 22.8. The number of nitrogens with one attached hydrogen (secondary N) is 1. The summed E-state index contributed by atoms with van der Waals surface area (Å²) < 4.78 is 13.3. The fraction of sp³-hybridized carbons (Fsp3) is 0.429. The third-order valence-corrected chi connectivity index (χ3v) is 5.46. The Labute approximate surface area is 153 Å². The van der Waals surface area contributed by atoms with Crippen molar-refractivity contribution in [1.29, 1.82) is 0 Å². The van der Waals surface area contributed by atoms with E-state index in [0.29, 0.717) is 19.0 Å². The first kappa shape index (κ1) is 17.2. The van der Waals surface area contributed by atoms with E-state index in [0.717, 1.165) is 36.1 Å². The van der Waals surface area contributed by atoms with Gasteiger partial charge in [-0.05, 0) is 54.7 Å². The van der Waals surface area contributed by atoms with Crippen molar-refractivity contribution in [2.45, 2.75) is 44.8 Å². The molecule has 2 fully saturated rings. The molecular formula is C21H24FN3O. The maximum absolute atomic E-state index is 13.3. The molecule has 4 nitrogen and oxygen atoms in total. The summed E-state index contributed by atoms with van der Waals surface area (Å²) in [5.74, 6) is 0.281. The number of hydrogen-bond donors (Lipinski definition) is 1. The molecule has 5 heteroatoms. The molecule has 1 saturated carbocycles. The molecule has 136 valence electrons. The number of pyridine rings is 1. The molecule has 26 heavy (non-hydrogen) atoms. The molecule has 1 aliphatic carbocycles. The number of carbonyl (C=O) groups is 1. The van der Waals surface area contributed by atoms with Crippen molar-refractivity contribution in [2.24, 2.45) is 5.92 Å². The average molecular weight is 353 g/mol. The van der Waals surface area contributed by atoms with Crippen molar-refractivity contribution >= 4 is 5.91 Å². The monoisotopic (exact) mass is 353 g/mol. The van der Waals surface area contributed by atoms with Crippen molar-refractivity contribution in [3.8, 4) is 0 Å². The third kappa shape index (κ3) is 3.49. The van der Waals surface area contributed by atoms with Gasteiger partial charge in [0.05, 0.1) is 6.04 Å². The van der Waals surface area contributed by atoms with Gasteiger partial charge in [0.1, 0.15) is 5.82 Å². The summed E-state index contributed by atoms with van der Waals surface area (Å²) in [5, 5.41) is 3.48. The smallest absolute Gasteiger partial charge is 0.223 e. The van der Waals surface area contributed by atoms with Gasteiger partial charge in [0.2, 0.25) is 5.91 Å². The van der Waals surface area contributed by atoms with Gasteiger partial charge in [0.25, 0.3) is 0 Å². The summed E-state index contributed by atoms with van der Waals surface area (Å²) in [5.41, 5.74) is 3.16. The minimum Gasteiger partial charge on any atom is -0.332 e. The summed E-state index contributed by atoms with van der Waals surface area (Å²) in [6, 6.07) is 9.40. The first-order valence-electron chi connectivity index (χ1n) is 9.30. The maximum Gasteiger partial charge on any atom is 0.223 e. The number of halogens is 1. The molecule has 1 N–H and O–H groups in total. The Hall–Kier alpha value is -2.27. The highest BCUT2D eigenvalue weighted by Crippen LogP contribution is 2.44. The highest BCUT2D eigenvalue weighted by Gasteiger charge is 2.46. The molecule has 2 heterocycles. The molecule has 1 aromatic carbocycles. The standard InChI is InChI=1S/C21H24FN3O/c1-14-9-18(22)5-4-15(14)11-24-13-17-10-20(26)25(19-6-7-19)21(17)16-3-2-8-23-12-16/h2-5,8-9,12,17,19,21,24H,6-7,10-11,13H2,1H3/t17-,21-/m0/s1. The van der Waals surface area contributed by atoms with Crippen LogP contribution in [-0.4, -0.2) is 28.4 Å². The molecule has 4 rings (SSSR count). The van der Waals surface area contributed by atoms with E-state index in [-0.39, 0.29) is 23.7 Å². The molecule has 0 spiro atoms. The first-order chi connectivity index (χ1) is 12.6. The fourth-order valence-corrected chi connectivity index (χ4v) is 4.02. The lowest BCUT2D eigenvalue weighted by Gasteiger charge is -2.28. The van der Waals surface area contributed by atoms with E-state index in [1.165, 1.54) is 6.07 Å². The van der Waals surface area contributed by atoms with Crippen LogP contribution in [0.4, 0.5) is 4.39 Å². The van der Waals surface area contributed by atoms with E-state index in [2.05, 4.69) is 21.3 Å². The molecule has 1 aromatic heterocycles. The topological polar surface area (TPSA) is 45.2 Å². The van der Waals surface area contributed by atoms with Crippen LogP contribution in [-0.2, 0) is 11.3 Å². The number of rotatable bonds is 6. The van der Waals surface area contributed by atoms with Gasteiger partial charge >= 0.3 is 0 Å². The van der Waals surface area contributed by atoms with Crippen molar-refractivity contribution in [1.82, 2.24) is 15.2 Å². The Morgan fingerprint density at radius 3 is 2.85 bits per heavy atom. The molecule has 2 atom stereocenters. The maximum atomic E-state index is 13.3. The third-order valence-electron chi connectivity index (χ3n) is 5.46. The first-order valence-corrected chi connectivity index (χ1v) is 9.30. The second kappa shape index (κ2) is 7.16. The van der Waals surface area contributed by atoms with Crippen LogP contribution in [0.1, 0.15) is 42.0 Å². The number of carbonyl (C=O) groups excluding carboxylic acids is 1. The predicted octanol–water partition coefficient (Wildman–Crippen LogP) is 3.37. The molecule has 0 radical (unpaired) electrons. The Morgan fingerprint density at radius 1 is 1.31 bits per heavy atom. The van der Waals surface area contributed by atoms with Crippen LogP contribution in [0, 0.1) is 18.7 Å². The van der Waals surface area contributed by atoms with E-state index < -0.39 is 0 Å². The predicted molar refractivity (Wildman–Crippen MR) is 97.8 cm³/mol. The van der Waals surface area contributed by atoms with Crippen molar-refractivity contribution in [3.63, 3.8) is 0 Å². The molecule has 2 aromatic rings. The Morgan fingerprint density at radius 2 is 2.15 bits per heavy atom. The zero-order valence-electron chi connectivity index (χ0n) is 15.0. The molecule has 2 aliphatic rings. The number of aryl methyl sites for hydroxylation is 1. The van der Waals surface area contributed by atoms with E-state index in [1.54, 1.807) is 12.3 Å². The number of hydrogen-bond acceptors (Lipinski definition) is 3. The van der Waals surface area contributed by atoms with Crippen molar-refractivity contribution < 1.29 is 9.18 Å². The SMILES string of the molecule is Cc1cc(F)ccc1CNC[C@@H]1CC(=O)N(C2CC2)[C@H]1c1cccnc1. The van der Waals surface area contributed by atoms with Crippen LogP contribution in [0.3, 0.4) is 0 Å². The van der Waals surface area contributed by atoms with Gasteiger partial charge < -0.3 is 10.2 Å². The largest absolute Gasteiger partial charge is 0.332 e. The van der Waals surface area contributed by atoms with E-state index >= 15 is 0 Å². The van der Waals surface area contributed by atoms with Crippen LogP contribution in [0.2, 0.25) is 0 Å². The van der Waals surface area contributed by atoms with E-state index in [1.807, 2.05) is 25.3 Å². The average Bonchev–Trinajstić information content (AvgIpc) is 3.41. The highest BCUT2D eigenvalue weighted by molar-refractivity contribution is 5.80. The van der Waals surface area contributed by atoms with Crippen LogP contribution < -0.4 is 5.32 Å². The molecule has 1 aliphatic heterocycles. The molecule has 0 bridgehead atoms. The summed E-state index contributed by atoms with van der Waals surface area (Å²) in [6.07, 6.45) is 6.45. The van der Waals surface area contributed by atoms with Gasteiger partial charge in [-0.2, -0.15) is 0 Å². The Kier molecular flexibility index (Phi) is 4.72. The lowest BCUT2D eigenvalue weighted by molar-refractivity contribution is -0.129. The Balaban J connectivity index is 1.46. The van der Waals surface area contributed by atoms with Gasteiger partial charge in [-0.25, -0.2) is 4.39 Å². The Bertz CT molecular complexity index is 791. The van der Waals surface area contributed by atoms with Gasteiger partial charge in [-0.3, -0.25) is 9.78 Å². The van der Waals surface area contributed by atoms with Gasteiger partial charge in [-0.15, -0.1) is 0 Å². The van der Waals surface area contributed by atoms with Gasteiger partial charge in [-0.1, -0.05) is 12.1 Å². The number of benzene rings is 1. The molecule has 1 saturated heterocycles. The second-order valence-electron chi connectivity index (χ2n) is 7.43. The molecule has 0 unspecified atom stereocenters. The fourth-order valence-electron chi connectivity index (χ4n) is 4.02. The lowest BCUT2D eigenvalue weighted by Crippen LogP contribution is -2.33. The van der Waals surface area contributed by atoms with Crippen LogP contribution in [0.25, 0.3) is 0 Å². The van der Waals surface area contributed by atoms with Crippen LogP contribution >= 0.6 is 0 Å². The van der Waals surface area contributed by atoms with Crippen molar-refractivity contribution in [2.75, 3.05) is 6.54 Å². The number of nitrogens with zero attached hydrogens (tertiary/aromatic N) is 2. The quantitative estimate of drug-likeness (QED) is 0.866. The van der Waals surface area contributed by atoms with Gasteiger partial charge in [0.15, 0.2) is 0 Å². The summed E-state index contributed by atoms with van der Waals surface area (Å²) in [7, 11) is 0. The zero-order valence-corrected chi connectivity index (χ0v) is 15.0. The van der Waals surface area contributed by atoms with E-state index in [9.17, 15) is 9.18 Å². The second-order valence-corrected chi connectivity index (χ2v) is 7.43. The summed E-state index contributed by atoms with van der Waals surface area (Å²) in [6.45, 7) is 3.36. The minimum absolute atomic E-state index is 0.102. The molecule has 1 amide bonds. The number of amides is 1. The molecular weight excluding hydrogens is 329 g/mol. The zero-order chi connectivity index (χ0) is 18.1. The van der Waals surface area contributed by atoms with Crippen LogP contribution in [0.5, 0.6) is 0 Å². The highest BCUT2D eigenvalue weighted by atomic mass is 19.1. The summed E-state index contributed by atoms with van der Waals surface area (Å²) >= 11 is 0.